The van der Waals surface area contributed by atoms with E-state index in [2.05, 4.69) is 15.3 Å². The highest BCUT2D eigenvalue weighted by molar-refractivity contribution is 6.34. The van der Waals surface area contributed by atoms with Gasteiger partial charge in [-0.1, -0.05) is 53.5 Å². The molecule has 1 aliphatic rings. The summed E-state index contributed by atoms with van der Waals surface area (Å²) in [5, 5.41) is 14.6. The Balaban J connectivity index is 1.35. The number of aromatic amines is 1. The zero-order valence-electron chi connectivity index (χ0n) is 22.0. The Kier molecular flexibility index (Phi) is 7.43. The van der Waals surface area contributed by atoms with Gasteiger partial charge >= 0.3 is 0 Å². The largest absolute Gasteiger partial charge is 0.494 e. The Morgan fingerprint density at radius 3 is 2.59 bits per heavy atom. The number of hydrogen-bond acceptors (Lipinski definition) is 4. The Morgan fingerprint density at radius 2 is 1.88 bits per heavy atom. The fourth-order valence-corrected chi connectivity index (χ4v) is 5.60. The number of imidazole rings is 1. The van der Waals surface area contributed by atoms with Crippen LogP contribution in [-0.2, 0) is 6.61 Å². The third-order valence-corrected chi connectivity index (χ3v) is 8.01. The second-order valence-corrected chi connectivity index (χ2v) is 11.0. The number of carbonyl (C=O) groups is 1. The van der Waals surface area contributed by atoms with Crippen LogP contribution in [-0.4, -0.2) is 28.1 Å². The highest BCUT2D eigenvalue weighted by Gasteiger charge is 2.33. The summed E-state index contributed by atoms with van der Waals surface area (Å²) in [6, 6.07) is 20.9. The molecule has 9 heteroatoms. The van der Waals surface area contributed by atoms with Crippen LogP contribution in [0.5, 0.6) is 5.75 Å². The SMILES string of the molecule is COc1cc2nc(-c3cccc(Cl)c3-c3ccc(C(=O)NC(c4ccc(Cl)cc4)C4CC4)cc3CO)[nH]c2cc1F. The molecule has 0 bridgehead atoms. The first kappa shape index (κ1) is 27.3. The number of carbonyl (C=O) groups excluding carboxylic acids is 1. The van der Waals surface area contributed by atoms with Gasteiger partial charge in [0.05, 0.1) is 30.8 Å². The molecule has 1 amide bonds. The van der Waals surface area contributed by atoms with E-state index in [1.165, 1.54) is 19.2 Å². The molecular weight excluding hydrogens is 564 g/mol. The molecule has 5 aromatic rings. The van der Waals surface area contributed by atoms with Crippen molar-refractivity contribution in [3.8, 4) is 28.3 Å². The van der Waals surface area contributed by atoms with Gasteiger partial charge in [-0.3, -0.25) is 4.79 Å². The average molecular weight is 590 g/mol. The number of hydrogen-bond donors (Lipinski definition) is 3. The number of H-pyrrole nitrogens is 1. The van der Waals surface area contributed by atoms with E-state index in [1.807, 2.05) is 30.3 Å². The summed E-state index contributed by atoms with van der Waals surface area (Å²) in [6.45, 7) is -0.313. The first-order valence-electron chi connectivity index (χ1n) is 13.2. The number of methoxy groups -OCH3 is 1. The van der Waals surface area contributed by atoms with E-state index < -0.39 is 5.82 Å². The van der Waals surface area contributed by atoms with Gasteiger partial charge in [0.15, 0.2) is 11.6 Å². The number of aliphatic hydroxyl groups is 1. The van der Waals surface area contributed by atoms with E-state index in [1.54, 1.807) is 30.3 Å². The average Bonchev–Trinajstić information content (AvgIpc) is 3.74. The van der Waals surface area contributed by atoms with Gasteiger partial charge in [0.1, 0.15) is 5.82 Å². The Bertz CT molecular complexity index is 1770. The lowest BCUT2D eigenvalue weighted by Gasteiger charge is -2.20. The monoisotopic (exact) mass is 589 g/mol. The molecule has 1 atom stereocenters. The van der Waals surface area contributed by atoms with Gasteiger partial charge < -0.3 is 20.1 Å². The van der Waals surface area contributed by atoms with Crippen molar-refractivity contribution < 1.29 is 19.0 Å². The second kappa shape index (κ2) is 11.2. The second-order valence-electron chi connectivity index (χ2n) is 10.1. The standard InChI is InChI=1S/C32H26Cl2FN3O3/c1-41-28-15-27-26(14-25(28)35)36-31(37-27)23-3-2-4-24(34)29(23)22-12-9-19(13-20(22)16-39)32(40)38-30(17-5-6-17)18-7-10-21(33)11-8-18/h2-4,7-15,17,30,39H,5-6,16H2,1H3,(H,36,37)(H,38,40). The fraction of sp³-hybridized carbons (Fsp3) is 0.188. The summed E-state index contributed by atoms with van der Waals surface area (Å²) in [6.07, 6.45) is 2.09. The van der Waals surface area contributed by atoms with E-state index in [4.69, 9.17) is 27.9 Å². The molecule has 41 heavy (non-hydrogen) atoms. The number of halogens is 3. The summed E-state index contributed by atoms with van der Waals surface area (Å²) in [7, 11) is 1.40. The first-order chi connectivity index (χ1) is 19.9. The van der Waals surface area contributed by atoms with Crippen molar-refractivity contribution >= 4 is 40.1 Å². The van der Waals surface area contributed by atoms with Gasteiger partial charge in [0, 0.05) is 38.9 Å². The summed E-state index contributed by atoms with van der Waals surface area (Å²) in [4.78, 5) is 21.2. The van der Waals surface area contributed by atoms with Crippen LogP contribution in [0.1, 0.15) is 40.4 Å². The van der Waals surface area contributed by atoms with Crippen LogP contribution in [0.3, 0.4) is 0 Å². The third kappa shape index (κ3) is 5.40. The number of nitrogens with one attached hydrogen (secondary N) is 2. The normalized spacial score (nSPS) is 13.8. The zero-order chi connectivity index (χ0) is 28.7. The highest BCUT2D eigenvalue weighted by atomic mass is 35.5. The van der Waals surface area contributed by atoms with Crippen molar-refractivity contribution in [1.29, 1.82) is 0 Å². The number of rotatable bonds is 8. The molecule has 1 saturated carbocycles. The van der Waals surface area contributed by atoms with Gasteiger partial charge in [0.25, 0.3) is 5.91 Å². The van der Waals surface area contributed by atoms with Crippen molar-refractivity contribution in [2.75, 3.05) is 7.11 Å². The molecule has 0 aliphatic heterocycles. The molecule has 0 saturated heterocycles. The van der Waals surface area contributed by atoms with Crippen molar-refractivity contribution in [2.45, 2.75) is 25.5 Å². The summed E-state index contributed by atoms with van der Waals surface area (Å²) in [5.41, 5.74) is 4.96. The van der Waals surface area contributed by atoms with Gasteiger partial charge in [-0.15, -0.1) is 0 Å². The maximum absolute atomic E-state index is 14.3. The maximum atomic E-state index is 14.3. The van der Waals surface area contributed by atoms with E-state index in [0.717, 1.165) is 18.4 Å². The van der Waals surface area contributed by atoms with Crippen molar-refractivity contribution in [3.05, 3.63) is 105 Å². The summed E-state index contributed by atoms with van der Waals surface area (Å²) in [5.74, 6) is 0.215. The van der Waals surface area contributed by atoms with Crippen LogP contribution >= 0.6 is 23.2 Å². The smallest absolute Gasteiger partial charge is 0.251 e. The molecule has 1 fully saturated rings. The quantitative estimate of drug-likeness (QED) is 0.173. The number of ether oxygens (including phenoxy) is 1. The molecule has 1 heterocycles. The number of amides is 1. The van der Waals surface area contributed by atoms with Gasteiger partial charge in [0.2, 0.25) is 0 Å². The lowest BCUT2D eigenvalue weighted by Crippen LogP contribution is -2.30. The molecule has 0 spiro atoms. The summed E-state index contributed by atoms with van der Waals surface area (Å²) >= 11 is 12.8. The first-order valence-corrected chi connectivity index (χ1v) is 13.9. The number of aromatic nitrogens is 2. The van der Waals surface area contributed by atoms with Gasteiger partial charge in [-0.2, -0.15) is 0 Å². The van der Waals surface area contributed by atoms with Crippen LogP contribution in [0.2, 0.25) is 10.0 Å². The minimum atomic E-state index is -0.502. The molecule has 6 rings (SSSR count). The molecule has 0 radical (unpaired) electrons. The molecule has 1 unspecified atom stereocenters. The predicted molar refractivity (Wildman–Crippen MR) is 159 cm³/mol. The molecule has 4 aromatic carbocycles. The molecular formula is C32H26Cl2FN3O3. The number of benzene rings is 4. The molecule has 1 aromatic heterocycles. The highest BCUT2D eigenvalue weighted by Crippen LogP contribution is 2.42. The lowest BCUT2D eigenvalue weighted by atomic mass is 9.93. The molecule has 3 N–H and O–H groups in total. The van der Waals surface area contributed by atoms with Crippen molar-refractivity contribution in [3.63, 3.8) is 0 Å². The van der Waals surface area contributed by atoms with E-state index in [0.29, 0.717) is 60.6 Å². The molecule has 1 aliphatic carbocycles. The van der Waals surface area contributed by atoms with Crippen LogP contribution in [0, 0.1) is 11.7 Å². The molecule has 6 nitrogen and oxygen atoms in total. The van der Waals surface area contributed by atoms with Crippen LogP contribution < -0.4 is 10.1 Å². The van der Waals surface area contributed by atoms with Crippen molar-refractivity contribution in [2.24, 2.45) is 5.92 Å². The minimum Gasteiger partial charge on any atom is -0.494 e. The van der Waals surface area contributed by atoms with Gasteiger partial charge in [-0.05, 0) is 65.8 Å². The Morgan fingerprint density at radius 1 is 1.10 bits per heavy atom. The van der Waals surface area contributed by atoms with E-state index in [9.17, 15) is 14.3 Å². The van der Waals surface area contributed by atoms with Crippen LogP contribution in [0.25, 0.3) is 33.5 Å². The third-order valence-electron chi connectivity index (χ3n) is 7.44. The Hall–Kier alpha value is -3.91. The fourth-order valence-electron chi connectivity index (χ4n) is 5.20. The minimum absolute atomic E-state index is 0.0956. The van der Waals surface area contributed by atoms with E-state index >= 15 is 0 Å². The lowest BCUT2D eigenvalue weighted by molar-refractivity contribution is 0.0931. The number of aliphatic hydroxyl groups excluding tert-OH is 1. The Labute approximate surface area is 246 Å². The maximum Gasteiger partial charge on any atom is 0.251 e. The van der Waals surface area contributed by atoms with E-state index in [-0.39, 0.29) is 24.3 Å². The zero-order valence-corrected chi connectivity index (χ0v) is 23.6. The van der Waals surface area contributed by atoms with Crippen molar-refractivity contribution in [1.82, 2.24) is 15.3 Å². The number of nitrogens with zero attached hydrogens (tertiary/aromatic N) is 1. The van der Waals surface area contributed by atoms with Crippen LogP contribution in [0.4, 0.5) is 4.39 Å². The van der Waals surface area contributed by atoms with Gasteiger partial charge in [-0.25, -0.2) is 9.37 Å². The topological polar surface area (TPSA) is 87.2 Å². The van der Waals surface area contributed by atoms with Crippen LogP contribution in [0.15, 0.2) is 72.8 Å². The predicted octanol–water partition coefficient (Wildman–Crippen LogP) is 7.72. The number of fused-ring (bicyclic) bond motifs is 1. The molecule has 208 valence electrons. The summed E-state index contributed by atoms with van der Waals surface area (Å²) < 4.78 is 19.4.